The summed E-state index contributed by atoms with van der Waals surface area (Å²) >= 11 is 5.01. The zero-order valence-electron chi connectivity index (χ0n) is 13.9. The smallest absolute Gasteiger partial charge is 0.124 e. The predicted molar refractivity (Wildman–Crippen MR) is 97.5 cm³/mol. The molecule has 124 valence electrons. The number of hydrogen-bond donors (Lipinski definition) is 1. The van der Waals surface area contributed by atoms with Crippen molar-refractivity contribution in [3.8, 4) is 5.75 Å². The van der Waals surface area contributed by atoms with Crippen molar-refractivity contribution >= 4 is 20.9 Å². The summed E-state index contributed by atoms with van der Waals surface area (Å²) in [4.78, 5) is 0.781. The molecule has 0 radical (unpaired) electrons. The van der Waals surface area contributed by atoms with Gasteiger partial charge in [-0.05, 0) is 60.0 Å². The molecule has 0 saturated heterocycles. The van der Waals surface area contributed by atoms with Gasteiger partial charge in [0.15, 0.2) is 0 Å². The molecular weight excluding hydrogens is 312 g/mol. The van der Waals surface area contributed by atoms with Crippen LogP contribution in [0.25, 0.3) is 0 Å². The molecule has 1 atom stereocenters. The largest absolute Gasteiger partial charge is 0.490 e. The predicted octanol–water partition coefficient (Wildman–Crippen LogP) is 5.39. The Hall–Kier alpha value is -0.450. The van der Waals surface area contributed by atoms with Crippen molar-refractivity contribution in [3.05, 3.63) is 23.8 Å². The molecule has 1 aromatic rings. The van der Waals surface area contributed by atoms with Gasteiger partial charge < -0.3 is 9.29 Å². The fourth-order valence-corrected chi connectivity index (χ4v) is 3.75. The number of rotatable bonds is 3. The minimum Gasteiger partial charge on any atom is -0.490 e. The van der Waals surface area contributed by atoms with Gasteiger partial charge in [0.05, 0.1) is 6.10 Å². The minimum atomic E-state index is -1.13. The third-order valence-electron chi connectivity index (χ3n) is 4.31. The second-order valence-electron chi connectivity index (χ2n) is 7.24. The highest BCUT2D eigenvalue weighted by atomic mass is 32.8. The second-order valence-corrected chi connectivity index (χ2v) is 9.16. The Labute approximate surface area is 142 Å². The maximum atomic E-state index is 9.72. The van der Waals surface area contributed by atoms with Gasteiger partial charge in [-0.2, -0.15) is 0 Å². The molecule has 0 amide bonds. The Morgan fingerprint density at radius 2 is 1.68 bits per heavy atom. The highest BCUT2D eigenvalue weighted by Crippen LogP contribution is 2.34. The van der Waals surface area contributed by atoms with Crippen LogP contribution in [0.15, 0.2) is 23.1 Å². The fraction of sp³-hybridized carbons (Fsp3) is 0.667. The zero-order chi connectivity index (χ0) is 16.2. The summed E-state index contributed by atoms with van der Waals surface area (Å²) in [6, 6.07) is 5.95. The Balaban J connectivity index is 2.25. The lowest BCUT2D eigenvalue weighted by molar-refractivity contribution is 0.163. The van der Waals surface area contributed by atoms with Crippen LogP contribution in [0.1, 0.15) is 71.3 Å². The van der Waals surface area contributed by atoms with Crippen LogP contribution in [0, 0.1) is 0 Å². The van der Waals surface area contributed by atoms with Crippen LogP contribution < -0.4 is 4.74 Å². The molecule has 0 bridgehead atoms. The molecule has 1 unspecified atom stereocenters. The second kappa shape index (κ2) is 7.89. The maximum absolute atomic E-state index is 9.72. The molecule has 2 nitrogen and oxygen atoms in total. The average molecular weight is 341 g/mol. The van der Waals surface area contributed by atoms with Gasteiger partial charge >= 0.3 is 0 Å². The normalized spacial score (nSPS) is 19.3. The summed E-state index contributed by atoms with van der Waals surface area (Å²) in [5, 5.41) is 0. The quantitative estimate of drug-likeness (QED) is 0.800. The Morgan fingerprint density at radius 1 is 1.09 bits per heavy atom. The first-order chi connectivity index (χ1) is 10.4. The van der Waals surface area contributed by atoms with Crippen LogP contribution in [-0.2, 0) is 26.3 Å². The highest BCUT2D eigenvalue weighted by molar-refractivity contribution is 8.25. The molecule has 4 heteroatoms. The van der Waals surface area contributed by atoms with E-state index >= 15 is 0 Å². The van der Waals surface area contributed by atoms with E-state index in [-0.39, 0.29) is 5.41 Å². The Bertz CT molecular complexity index is 512. The molecule has 0 spiro atoms. The van der Waals surface area contributed by atoms with Crippen LogP contribution in [0.2, 0.25) is 0 Å². The molecule has 1 saturated carbocycles. The molecule has 1 N–H and O–H groups in total. The van der Waals surface area contributed by atoms with Gasteiger partial charge in [0, 0.05) is 14.6 Å². The highest BCUT2D eigenvalue weighted by Gasteiger charge is 2.22. The topological polar surface area (TPSA) is 29.5 Å². The van der Waals surface area contributed by atoms with E-state index < -0.39 is 9.74 Å². The minimum absolute atomic E-state index is 0.0188. The van der Waals surface area contributed by atoms with Crippen molar-refractivity contribution < 1.29 is 9.29 Å². The van der Waals surface area contributed by atoms with Crippen LogP contribution >= 0.6 is 0 Å². The Morgan fingerprint density at radius 3 is 2.23 bits per heavy atom. The molecule has 1 fully saturated rings. The van der Waals surface area contributed by atoms with E-state index in [1.54, 1.807) is 0 Å². The van der Waals surface area contributed by atoms with Gasteiger partial charge in [0.1, 0.15) is 5.75 Å². The number of benzene rings is 1. The van der Waals surface area contributed by atoms with Crippen LogP contribution in [0.3, 0.4) is 0 Å². The molecular formula is C18H28O2S2. The lowest BCUT2D eigenvalue weighted by Crippen LogP contribution is -2.21. The van der Waals surface area contributed by atoms with Crippen molar-refractivity contribution in [1.82, 2.24) is 0 Å². The molecule has 0 heterocycles. The van der Waals surface area contributed by atoms with Gasteiger partial charge in [-0.1, -0.05) is 46.1 Å². The first-order valence-corrected chi connectivity index (χ1v) is 10.4. The van der Waals surface area contributed by atoms with Gasteiger partial charge in [0.25, 0.3) is 0 Å². The van der Waals surface area contributed by atoms with Crippen molar-refractivity contribution in [3.63, 3.8) is 0 Å². The van der Waals surface area contributed by atoms with Gasteiger partial charge in [-0.25, -0.2) is 0 Å². The van der Waals surface area contributed by atoms with E-state index in [4.69, 9.17) is 15.9 Å². The average Bonchev–Trinajstić information content (AvgIpc) is 2.40. The van der Waals surface area contributed by atoms with E-state index in [0.717, 1.165) is 23.5 Å². The van der Waals surface area contributed by atoms with Crippen molar-refractivity contribution in [1.29, 1.82) is 0 Å². The third-order valence-corrected chi connectivity index (χ3v) is 5.54. The van der Waals surface area contributed by atoms with Crippen LogP contribution in [-0.4, -0.2) is 10.7 Å². The third kappa shape index (κ3) is 5.04. The fourth-order valence-electron chi connectivity index (χ4n) is 3.04. The van der Waals surface area contributed by atoms with E-state index in [1.165, 1.54) is 37.7 Å². The van der Waals surface area contributed by atoms with Crippen molar-refractivity contribution in [2.24, 2.45) is 0 Å². The first-order valence-electron chi connectivity index (χ1n) is 8.30. The lowest BCUT2D eigenvalue weighted by Gasteiger charge is -2.27. The van der Waals surface area contributed by atoms with Crippen LogP contribution in [0.5, 0.6) is 5.75 Å². The molecule has 1 aromatic carbocycles. The monoisotopic (exact) mass is 340 g/mol. The van der Waals surface area contributed by atoms with E-state index in [1.807, 2.05) is 12.1 Å². The van der Waals surface area contributed by atoms with E-state index in [2.05, 4.69) is 26.8 Å². The van der Waals surface area contributed by atoms with E-state index in [9.17, 15) is 4.55 Å². The molecule has 1 aliphatic rings. The van der Waals surface area contributed by atoms with Gasteiger partial charge in [-0.3, -0.25) is 0 Å². The summed E-state index contributed by atoms with van der Waals surface area (Å²) in [5.41, 5.74) is 1.21. The van der Waals surface area contributed by atoms with Crippen molar-refractivity contribution in [2.75, 3.05) is 0 Å². The molecule has 2 rings (SSSR count). The summed E-state index contributed by atoms with van der Waals surface area (Å²) < 4.78 is 16.1. The number of ether oxygens (including phenoxy) is 1. The maximum Gasteiger partial charge on any atom is 0.124 e. The summed E-state index contributed by atoms with van der Waals surface area (Å²) in [6.07, 6.45) is 9.05. The SMILES string of the molecule is CC(C)(C)c1ccc(S(O)=S)cc1OC1CCCCCCC1. The Kier molecular flexibility index (Phi) is 6.42. The lowest BCUT2D eigenvalue weighted by atomic mass is 9.86. The van der Waals surface area contributed by atoms with Gasteiger partial charge in [0.2, 0.25) is 0 Å². The summed E-state index contributed by atoms with van der Waals surface area (Å²) in [7, 11) is -1.13. The summed E-state index contributed by atoms with van der Waals surface area (Å²) in [6.45, 7) is 6.58. The van der Waals surface area contributed by atoms with E-state index in [0.29, 0.717) is 6.10 Å². The van der Waals surface area contributed by atoms with Crippen LogP contribution in [0.4, 0.5) is 0 Å². The summed E-state index contributed by atoms with van der Waals surface area (Å²) in [5.74, 6) is 0.909. The molecule has 0 aromatic heterocycles. The van der Waals surface area contributed by atoms with Crippen molar-refractivity contribution in [2.45, 2.75) is 82.1 Å². The molecule has 22 heavy (non-hydrogen) atoms. The van der Waals surface area contributed by atoms with Gasteiger partial charge in [-0.15, -0.1) is 0 Å². The first kappa shape index (κ1) is 17.9. The number of hydrogen-bond acceptors (Lipinski definition) is 2. The molecule has 0 aliphatic heterocycles. The molecule has 1 aliphatic carbocycles. The zero-order valence-corrected chi connectivity index (χ0v) is 15.6. The standard InChI is InChI=1S/C18H28O2S2/c1-18(2,3)16-12-11-15(22(19)21)13-17(16)20-14-9-7-5-4-6-8-10-14/h11-14H,4-10H2,1-3H3,(H,19,21).